The first kappa shape index (κ1) is 18.3. The number of carbonyl (C=O) groups excluding carboxylic acids is 1. The Morgan fingerprint density at radius 2 is 1.82 bits per heavy atom. The van der Waals surface area contributed by atoms with Gasteiger partial charge in [-0.05, 0) is 30.2 Å². The van der Waals surface area contributed by atoms with Crippen LogP contribution >= 0.6 is 11.3 Å². The summed E-state index contributed by atoms with van der Waals surface area (Å²) >= 11 is 1.24. The third-order valence-corrected chi connectivity index (χ3v) is 6.25. The minimum Gasteiger partial charge on any atom is -0.497 e. The van der Waals surface area contributed by atoms with E-state index in [-0.39, 0.29) is 16.7 Å². The molecule has 0 saturated heterocycles. The second kappa shape index (κ2) is 7.13. The number of aryl methyl sites for hydroxylation is 1. The molecule has 28 heavy (non-hydrogen) atoms. The Kier molecular flexibility index (Phi) is 4.65. The molecule has 1 amide bonds. The molecule has 1 aliphatic heterocycles. The van der Waals surface area contributed by atoms with Crippen LogP contribution < -0.4 is 10.1 Å². The molecular weight excluding hydrogens is 374 g/mol. The van der Waals surface area contributed by atoms with E-state index in [2.05, 4.69) is 5.32 Å². The molecule has 3 aromatic rings. The van der Waals surface area contributed by atoms with Crippen molar-refractivity contribution in [3.05, 3.63) is 69.4 Å². The number of rotatable bonds is 4. The summed E-state index contributed by atoms with van der Waals surface area (Å²) in [6.45, 7) is 2.01. The molecule has 1 unspecified atom stereocenters. The molecule has 2 heterocycles. The van der Waals surface area contributed by atoms with Gasteiger partial charge in [-0.2, -0.15) is 0 Å². The minimum absolute atomic E-state index is 0.109. The maximum absolute atomic E-state index is 12.5. The number of fused-ring (bicyclic) bond motifs is 1. The van der Waals surface area contributed by atoms with E-state index in [9.17, 15) is 14.7 Å². The predicted octanol–water partition coefficient (Wildman–Crippen LogP) is 4.90. The van der Waals surface area contributed by atoms with Crippen LogP contribution in [-0.4, -0.2) is 24.1 Å². The second-order valence-electron chi connectivity index (χ2n) is 6.79. The number of carboxylic acid groups (broad SMARTS) is 1. The maximum Gasteiger partial charge on any atom is 0.346 e. The van der Waals surface area contributed by atoms with Gasteiger partial charge < -0.3 is 15.2 Å². The lowest BCUT2D eigenvalue weighted by atomic mass is 9.88. The Hall–Kier alpha value is -3.12. The molecule has 4 rings (SSSR count). The van der Waals surface area contributed by atoms with Crippen molar-refractivity contribution in [2.24, 2.45) is 0 Å². The van der Waals surface area contributed by atoms with E-state index in [1.165, 1.54) is 11.3 Å². The Bertz CT molecular complexity index is 1050. The summed E-state index contributed by atoms with van der Waals surface area (Å²) < 4.78 is 5.19. The standard InChI is InChI=1S/C22H19NO4S/c1-12-3-5-13(6-4-12)16-11-17(24)23-19-18(21(22(25)26)28-20(16)19)14-7-9-15(27-2)10-8-14/h3-10,16H,11H2,1-2H3,(H,23,24)(H,25,26). The summed E-state index contributed by atoms with van der Waals surface area (Å²) in [6.07, 6.45) is 0.303. The fourth-order valence-corrected chi connectivity index (χ4v) is 4.78. The molecule has 0 radical (unpaired) electrons. The van der Waals surface area contributed by atoms with Gasteiger partial charge in [-0.1, -0.05) is 42.0 Å². The number of carboxylic acids is 1. The van der Waals surface area contributed by atoms with Crippen molar-refractivity contribution in [1.82, 2.24) is 0 Å². The van der Waals surface area contributed by atoms with Gasteiger partial charge in [-0.15, -0.1) is 11.3 Å². The van der Waals surface area contributed by atoms with Crippen LogP contribution in [-0.2, 0) is 4.79 Å². The van der Waals surface area contributed by atoms with Gasteiger partial charge in [0.05, 0.1) is 12.8 Å². The molecule has 0 bridgehead atoms. The third kappa shape index (κ3) is 3.16. The molecule has 5 nitrogen and oxygen atoms in total. The number of hydrogen-bond acceptors (Lipinski definition) is 4. The number of aromatic carboxylic acids is 1. The van der Waals surface area contributed by atoms with Gasteiger partial charge in [0.15, 0.2) is 0 Å². The van der Waals surface area contributed by atoms with Gasteiger partial charge >= 0.3 is 5.97 Å². The smallest absolute Gasteiger partial charge is 0.346 e. The topological polar surface area (TPSA) is 75.6 Å². The molecule has 0 saturated carbocycles. The molecule has 0 fully saturated rings. The van der Waals surface area contributed by atoms with E-state index >= 15 is 0 Å². The highest BCUT2D eigenvalue weighted by Crippen LogP contribution is 2.49. The van der Waals surface area contributed by atoms with Crippen LogP contribution in [0.2, 0.25) is 0 Å². The fraction of sp³-hybridized carbons (Fsp3) is 0.182. The summed E-state index contributed by atoms with van der Waals surface area (Å²) in [5.41, 5.74) is 4.05. The number of ether oxygens (including phenoxy) is 1. The van der Waals surface area contributed by atoms with Crippen LogP contribution in [0.5, 0.6) is 5.75 Å². The SMILES string of the molecule is COc1ccc(-c2c(C(=O)O)sc3c2NC(=O)CC3c2ccc(C)cc2)cc1. The Morgan fingerprint density at radius 3 is 2.43 bits per heavy atom. The zero-order valence-corrected chi connectivity index (χ0v) is 16.3. The molecule has 0 spiro atoms. The highest BCUT2D eigenvalue weighted by atomic mass is 32.1. The Morgan fingerprint density at radius 1 is 1.14 bits per heavy atom. The number of methoxy groups -OCH3 is 1. The van der Waals surface area contributed by atoms with Crippen molar-refractivity contribution in [3.8, 4) is 16.9 Å². The largest absolute Gasteiger partial charge is 0.497 e. The lowest BCUT2D eigenvalue weighted by Gasteiger charge is -2.24. The van der Waals surface area contributed by atoms with Crippen molar-refractivity contribution < 1.29 is 19.4 Å². The number of anilines is 1. The number of benzene rings is 2. The van der Waals surface area contributed by atoms with Crippen molar-refractivity contribution in [2.45, 2.75) is 19.3 Å². The molecule has 0 aliphatic carbocycles. The zero-order valence-electron chi connectivity index (χ0n) is 15.5. The Labute approximate surface area is 166 Å². The number of hydrogen-bond donors (Lipinski definition) is 2. The van der Waals surface area contributed by atoms with Crippen LogP contribution in [0.15, 0.2) is 48.5 Å². The lowest BCUT2D eigenvalue weighted by molar-refractivity contribution is -0.116. The third-order valence-electron chi connectivity index (χ3n) is 4.96. The van der Waals surface area contributed by atoms with Crippen molar-refractivity contribution >= 4 is 28.9 Å². The van der Waals surface area contributed by atoms with Gasteiger partial charge in [-0.25, -0.2) is 4.79 Å². The van der Waals surface area contributed by atoms with Gasteiger partial charge in [0.2, 0.25) is 5.91 Å². The van der Waals surface area contributed by atoms with Crippen molar-refractivity contribution in [3.63, 3.8) is 0 Å². The summed E-state index contributed by atoms with van der Waals surface area (Å²) in [7, 11) is 1.58. The number of carbonyl (C=O) groups is 2. The van der Waals surface area contributed by atoms with E-state index in [0.717, 1.165) is 21.6 Å². The Balaban J connectivity index is 1.89. The molecule has 1 atom stereocenters. The fourth-order valence-electron chi connectivity index (χ4n) is 3.54. The first-order valence-electron chi connectivity index (χ1n) is 8.88. The van der Waals surface area contributed by atoms with Crippen LogP contribution in [0.25, 0.3) is 11.1 Å². The summed E-state index contributed by atoms with van der Waals surface area (Å²) in [4.78, 5) is 25.6. The van der Waals surface area contributed by atoms with Crippen molar-refractivity contribution in [1.29, 1.82) is 0 Å². The molecule has 1 aromatic heterocycles. The monoisotopic (exact) mass is 393 g/mol. The highest BCUT2D eigenvalue weighted by Gasteiger charge is 2.34. The molecular formula is C22H19NO4S. The average Bonchev–Trinajstić information content (AvgIpc) is 3.07. The maximum atomic E-state index is 12.5. The van der Waals surface area contributed by atoms with E-state index in [4.69, 9.17) is 4.74 Å². The van der Waals surface area contributed by atoms with Crippen LogP contribution in [0, 0.1) is 6.92 Å². The number of amides is 1. The highest BCUT2D eigenvalue weighted by molar-refractivity contribution is 7.15. The van der Waals surface area contributed by atoms with Crippen LogP contribution in [0.1, 0.15) is 38.0 Å². The summed E-state index contributed by atoms with van der Waals surface area (Å²) in [5, 5.41) is 12.7. The number of nitrogens with one attached hydrogen (secondary N) is 1. The van der Waals surface area contributed by atoms with Gasteiger partial charge in [0.1, 0.15) is 10.6 Å². The summed E-state index contributed by atoms with van der Waals surface area (Å²) in [5.74, 6) is -0.574. The normalized spacial score (nSPS) is 15.6. The first-order chi connectivity index (χ1) is 13.5. The molecule has 142 valence electrons. The average molecular weight is 393 g/mol. The van der Waals surface area contributed by atoms with E-state index in [1.54, 1.807) is 19.2 Å². The van der Waals surface area contributed by atoms with E-state index in [1.807, 2.05) is 43.3 Å². The molecule has 2 N–H and O–H groups in total. The van der Waals surface area contributed by atoms with Gasteiger partial charge in [0.25, 0.3) is 0 Å². The van der Waals surface area contributed by atoms with E-state index < -0.39 is 5.97 Å². The van der Waals surface area contributed by atoms with Gasteiger partial charge in [-0.3, -0.25) is 4.79 Å². The zero-order chi connectivity index (χ0) is 19.8. The lowest BCUT2D eigenvalue weighted by Crippen LogP contribution is -2.22. The predicted molar refractivity (Wildman–Crippen MR) is 110 cm³/mol. The molecule has 2 aromatic carbocycles. The molecule has 1 aliphatic rings. The first-order valence-corrected chi connectivity index (χ1v) is 9.70. The second-order valence-corrected chi connectivity index (χ2v) is 7.85. The van der Waals surface area contributed by atoms with Crippen LogP contribution in [0.4, 0.5) is 5.69 Å². The van der Waals surface area contributed by atoms with E-state index in [0.29, 0.717) is 23.4 Å². The van der Waals surface area contributed by atoms with Crippen LogP contribution in [0.3, 0.4) is 0 Å². The quantitative estimate of drug-likeness (QED) is 0.661. The molecule has 6 heteroatoms. The minimum atomic E-state index is -0.998. The van der Waals surface area contributed by atoms with Gasteiger partial charge in [0, 0.05) is 22.8 Å². The number of thiophene rings is 1. The summed E-state index contributed by atoms with van der Waals surface area (Å²) in [6, 6.07) is 15.2. The van der Waals surface area contributed by atoms with Crippen molar-refractivity contribution in [2.75, 3.05) is 12.4 Å².